The summed E-state index contributed by atoms with van der Waals surface area (Å²) >= 11 is 0. The third-order valence-corrected chi connectivity index (χ3v) is 3.50. The van der Waals surface area contributed by atoms with E-state index in [4.69, 9.17) is 5.11 Å². The van der Waals surface area contributed by atoms with Crippen LogP contribution in [0.4, 0.5) is 4.79 Å². The first-order valence-corrected chi connectivity index (χ1v) is 6.67. The molecule has 0 aromatic heterocycles. The number of carbonyl (C=O) groups excluding carboxylic acids is 1. The molecule has 1 saturated carbocycles. The Hall–Kier alpha value is -1.26. The molecular weight excluding hydrogens is 232 g/mol. The molecule has 1 aliphatic carbocycles. The van der Waals surface area contributed by atoms with Crippen LogP contribution in [0.25, 0.3) is 0 Å². The Labute approximate surface area is 108 Å². The monoisotopic (exact) mass is 256 g/mol. The van der Waals surface area contributed by atoms with Crippen LogP contribution in [0.15, 0.2) is 0 Å². The lowest BCUT2D eigenvalue weighted by molar-refractivity contribution is -0.136. The summed E-state index contributed by atoms with van der Waals surface area (Å²) in [5.41, 5.74) is 0.276. The van der Waals surface area contributed by atoms with E-state index in [9.17, 15) is 9.59 Å². The molecule has 3 N–H and O–H groups in total. The first-order valence-electron chi connectivity index (χ1n) is 6.67. The molecule has 1 rings (SSSR count). The van der Waals surface area contributed by atoms with Gasteiger partial charge in [0, 0.05) is 13.1 Å². The number of hydrogen-bond donors (Lipinski definition) is 3. The van der Waals surface area contributed by atoms with Crippen LogP contribution in [0.3, 0.4) is 0 Å². The van der Waals surface area contributed by atoms with Crippen molar-refractivity contribution in [2.75, 3.05) is 13.1 Å². The van der Waals surface area contributed by atoms with Crippen LogP contribution in [-0.2, 0) is 4.79 Å². The van der Waals surface area contributed by atoms with Gasteiger partial charge in [-0.2, -0.15) is 0 Å². The highest BCUT2D eigenvalue weighted by Gasteiger charge is 2.37. The molecule has 0 aliphatic heterocycles. The Balaban J connectivity index is 2.22. The summed E-state index contributed by atoms with van der Waals surface area (Å²) in [5, 5.41) is 13.9. The molecule has 0 atom stereocenters. The Bertz CT molecular complexity index is 299. The fourth-order valence-corrected chi connectivity index (χ4v) is 2.61. The molecule has 0 aromatic carbocycles. The summed E-state index contributed by atoms with van der Waals surface area (Å²) in [6, 6.07) is -0.258. The topological polar surface area (TPSA) is 78.4 Å². The Kier molecular flexibility index (Phi) is 5.44. The summed E-state index contributed by atoms with van der Waals surface area (Å²) in [5.74, 6) is -0.257. The average Bonchev–Trinajstić information content (AvgIpc) is 2.20. The zero-order valence-corrected chi connectivity index (χ0v) is 11.3. The van der Waals surface area contributed by atoms with Gasteiger partial charge in [0.2, 0.25) is 0 Å². The van der Waals surface area contributed by atoms with Gasteiger partial charge in [-0.25, -0.2) is 4.79 Å². The summed E-state index contributed by atoms with van der Waals surface area (Å²) < 4.78 is 0. The van der Waals surface area contributed by atoms with Crippen molar-refractivity contribution in [1.29, 1.82) is 0 Å². The molecule has 1 aliphatic rings. The molecule has 104 valence electrons. The zero-order chi connectivity index (χ0) is 13.6. The third-order valence-electron chi connectivity index (χ3n) is 3.50. The second kappa shape index (κ2) is 6.61. The second-order valence-electron chi connectivity index (χ2n) is 5.70. The van der Waals surface area contributed by atoms with Gasteiger partial charge in [-0.3, -0.25) is 4.79 Å². The molecule has 0 aromatic rings. The lowest BCUT2D eigenvalue weighted by Crippen LogP contribution is -2.46. The number of carboxylic acids is 1. The van der Waals surface area contributed by atoms with Crippen molar-refractivity contribution in [2.45, 2.75) is 46.0 Å². The minimum absolute atomic E-state index is 0.0371. The van der Waals surface area contributed by atoms with Crippen molar-refractivity contribution in [3.05, 3.63) is 0 Å². The molecule has 0 spiro atoms. The largest absolute Gasteiger partial charge is 0.481 e. The van der Waals surface area contributed by atoms with Crippen LogP contribution < -0.4 is 10.6 Å². The third kappa shape index (κ3) is 4.94. The first kappa shape index (κ1) is 14.8. The Morgan fingerprint density at radius 1 is 1.28 bits per heavy atom. The molecule has 0 bridgehead atoms. The predicted octanol–water partition coefficient (Wildman–Crippen LogP) is 1.98. The molecule has 5 nitrogen and oxygen atoms in total. The smallest absolute Gasteiger partial charge is 0.314 e. The standard InChI is InChI=1S/C13H24N2O3/c1-10(2)8-13(5-3-6-13)9-15-12(18)14-7-4-11(16)17/h10H,3-9H2,1-2H3,(H,16,17)(H2,14,15,18). The summed E-state index contributed by atoms with van der Waals surface area (Å²) in [6.07, 6.45) is 4.71. The number of urea groups is 1. The van der Waals surface area contributed by atoms with Gasteiger partial charge < -0.3 is 15.7 Å². The van der Waals surface area contributed by atoms with Gasteiger partial charge in [-0.15, -0.1) is 0 Å². The summed E-state index contributed by atoms with van der Waals surface area (Å²) in [6.45, 7) is 5.28. The van der Waals surface area contributed by atoms with Gasteiger partial charge in [-0.1, -0.05) is 20.3 Å². The normalized spacial score (nSPS) is 17.1. The van der Waals surface area contributed by atoms with Gasteiger partial charge in [0.05, 0.1) is 6.42 Å². The highest BCUT2D eigenvalue weighted by atomic mass is 16.4. The van der Waals surface area contributed by atoms with Crippen molar-refractivity contribution in [1.82, 2.24) is 10.6 Å². The van der Waals surface area contributed by atoms with E-state index in [-0.39, 0.29) is 24.4 Å². The van der Waals surface area contributed by atoms with Crippen molar-refractivity contribution in [2.24, 2.45) is 11.3 Å². The fourth-order valence-electron chi connectivity index (χ4n) is 2.61. The maximum atomic E-state index is 11.5. The van der Waals surface area contributed by atoms with E-state index in [2.05, 4.69) is 24.5 Å². The van der Waals surface area contributed by atoms with Crippen molar-refractivity contribution >= 4 is 12.0 Å². The predicted molar refractivity (Wildman–Crippen MR) is 69.4 cm³/mol. The molecule has 5 heteroatoms. The van der Waals surface area contributed by atoms with Crippen LogP contribution in [-0.4, -0.2) is 30.2 Å². The van der Waals surface area contributed by atoms with Gasteiger partial charge >= 0.3 is 12.0 Å². The lowest BCUT2D eigenvalue weighted by Gasteiger charge is -2.43. The minimum atomic E-state index is -0.898. The van der Waals surface area contributed by atoms with E-state index >= 15 is 0 Å². The molecule has 1 fully saturated rings. The highest BCUT2D eigenvalue weighted by molar-refractivity contribution is 5.75. The number of nitrogens with one attached hydrogen (secondary N) is 2. The fraction of sp³-hybridized carbons (Fsp3) is 0.846. The molecule has 2 amide bonds. The molecule has 0 saturated heterocycles. The van der Waals surface area contributed by atoms with E-state index < -0.39 is 5.97 Å². The van der Waals surface area contributed by atoms with Crippen LogP contribution in [0, 0.1) is 11.3 Å². The molecule has 18 heavy (non-hydrogen) atoms. The quantitative estimate of drug-likeness (QED) is 0.651. The zero-order valence-electron chi connectivity index (χ0n) is 11.3. The minimum Gasteiger partial charge on any atom is -0.481 e. The van der Waals surface area contributed by atoms with Crippen molar-refractivity contribution < 1.29 is 14.7 Å². The van der Waals surface area contributed by atoms with Crippen LogP contribution >= 0.6 is 0 Å². The Morgan fingerprint density at radius 2 is 1.94 bits per heavy atom. The number of rotatable bonds is 7. The van der Waals surface area contributed by atoms with Crippen molar-refractivity contribution in [3.8, 4) is 0 Å². The number of carbonyl (C=O) groups is 2. The summed E-state index contributed by atoms with van der Waals surface area (Å²) in [4.78, 5) is 21.8. The molecule has 0 heterocycles. The average molecular weight is 256 g/mol. The SMILES string of the molecule is CC(C)CC1(CNC(=O)NCCC(=O)O)CCC1. The summed E-state index contributed by atoms with van der Waals surface area (Å²) in [7, 11) is 0. The Morgan fingerprint density at radius 3 is 2.39 bits per heavy atom. The van der Waals surface area contributed by atoms with Gasteiger partial charge in [0.15, 0.2) is 0 Å². The molecule has 0 unspecified atom stereocenters. The maximum absolute atomic E-state index is 11.5. The van der Waals surface area contributed by atoms with Crippen LogP contribution in [0.2, 0.25) is 0 Å². The maximum Gasteiger partial charge on any atom is 0.314 e. The van der Waals surface area contributed by atoms with E-state index in [1.165, 1.54) is 19.3 Å². The number of aliphatic carboxylic acids is 1. The number of hydrogen-bond acceptors (Lipinski definition) is 2. The van der Waals surface area contributed by atoms with E-state index in [1.807, 2.05) is 0 Å². The van der Waals surface area contributed by atoms with Crippen molar-refractivity contribution in [3.63, 3.8) is 0 Å². The second-order valence-corrected chi connectivity index (χ2v) is 5.70. The van der Waals surface area contributed by atoms with E-state index in [0.29, 0.717) is 12.5 Å². The van der Waals surface area contributed by atoms with Crippen LogP contribution in [0.5, 0.6) is 0 Å². The molecule has 0 radical (unpaired) electrons. The lowest BCUT2D eigenvalue weighted by atomic mass is 9.64. The van der Waals surface area contributed by atoms with E-state index in [0.717, 1.165) is 6.42 Å². The van der Waals surface area contributed by atoms with Gasteiger partial charge in [0.1, 0.15) is 0 Å². The highest BCUT2D eigenvalue weighted by Crippen LogP contribution is 2.45. The molecular formula is C13H24N2O3. The first-order chi connectivity index (χ1) is 8.43. The number of carboxylic acid groups (broad SMARTS) is 1. The number of amides is 2. The van der Waals surface area contributed by atoms with E-state index in [1.54, 1.807) is 0 Å². The van der Waals surface area contributed by atoms with Crippen LogP contribution in [0.1, 0.15) is 46.0 Å². The van der Waals surface area contributed by atoms with Gasteiger partial charge in [-0.05, 0) is 30.6 Å². The van der Waals surface area contributed by atoms with Gasteiger partial charge in [0.25, 0.3) is 0 Å².